The van der Waals surface area contributed by atoms with Crippen LogP contribution in [-0.4, -0.2) is 45.5 Å². The first-order chi connectivity index (χ1) is 12.9. The van der Waals surface area contributed by atoms with Crippen LogP contribution in [0, 0.1) is 11.6 Å². The molecule has 0 saturated carbocycles. The topological polar surface area (TPSA) is 75.7 Å². The second-order valence-electron chi connectivity index (χ2n) is 6.01. The number of nitrogens with zero attached hydrogens (tertiary/aromatic N) is 1. The number of amides is 1. The lowest BCUT2D eigenvalue weighted by Crippen LogP contribution is -2.46. The molecule has 0 radical (unpaired) electrons. The number of nitrogens with one attached hydrogen (secondary N) is 1. The molecule has 1 atom stereocenters. The number of benzene rings is 2. The SMILES string of the molecule is O=C(CNS(=O)(=O)c1ccc(F)cc1F)N1CCOC(c2ccccc2)C1. The fourth-order valence-electron chi connectivity index (χ4n) is 2.78. The molecule has 6 nitrogen and oxygen atoms in total. The van der Waals surface area contributed by atoms with Crippen LogP contribution in [0.25, 0.3) is 0 Å². The molecule has 9 heteroatoms. The number of carbonyl (C=O) groups excluding carboxylic acids is 1. The summed E-state index contributed by atoms with van der Waals surface area (Å²) in [6.45, 7) is 0.412. The van der Waals surface area contributed by atoms with Crippen molar-refractivity contribution in [1.29, 1.82) is 0 Å². The van der Waals surface area contributed by atoms with Crippen molar-refractivity contribution < 1.29 is 26.7 Å². The summed E-state index contributed by atoms with van der Waals surface area (Å²) in [6, 6.07) is 11.5. The Morgan fingerprint density at radius 1 is 1.19 bits per heavy atom. The van der Waals surface area contributed by atoms with Crippen molar-refractivity contribution in [3.05, 3.63) is 65.7 Å². The van der Waals surface area contributed by atoms with Crippen LogP contribution in [0.2, 0.25) is 0 Å². The lowest BCUT2D eigenvalue weighted by molar-refractivity contribution is -0.137. The lowest BCUT2D eigenvalue weighted by atomic mass is 10.1. The molecular formula is C18H18F2N2O4S. The normalized spacial score (nSPS) is 17.7. The van der Waals surface area contributed by atoms with Crippen molar-refractivity contribution in [3.63, 3.8) is 0 Å². The molecule has 1 unspecified atom stereocenters. The molecule has 1 fully saturated rings. The van der Waals surface area contributed by atoms with Gasteiger partial charge in [0.15, 0.2) is 0 Å². The van der Waals surface area contributed by atoms with Crippen LogP contribution in [0.1, 0.15) is 11.7 Å². The Hall–Kier alpha value is -2.36. The van der Waals surface area contributed by atoms with Gasteiger partial charge in [0.25, 0.3) is 0 Å². The molecule has 144 valence electrons. The third kappa shape index (κ3) is 4.68. The molecule has 1 saturated heterocycles. The van der Waals surface area contributed by atoms with E-state index in [1.165, 1.54) is 4.90 Å². The molecule has 1 aliphatic heterocycles. The molecule has 27 heavy (non-hydrogen) atoms. The van der Waals surface area contributed by atoms with Crippen molar-refractivity contribution in [3.8, 4) is 0 Å². The Balaban J connectivity index is 1.63. The van der Waals surface area contributed by atoms with Crippen LogP contribution in [0.15, 0.2) is 53.4 Å². The average Bonchev–Trinajstić information content (AvgIpc) is 2.66. The zero-order valence-corrected chi connectivity index (χ0v) is 15.1. The van der Waals surface area contributed by atoms with Gasteiger partial charge in [0, 0.05) is 12.6 Å². The van der Waals surface area contributed by atoms with Crippen molar-refractivity contribution >= 4 is 15.9 Å². The first kappa shape index (κ1) is 19.4. The van der Waals surface area contributed by atoms with Crippen LogP contribution in [-0.2, 0) is 19.6 Å². The Bertz CT molecular complexity index is 922. The summed E-state index contributed by atoms with van der Waals surface area (Å²) in [5.74, 6) is -2.56. The van der Waals surface area contributed by atoms with E-state index in [4.69, 9.17) is 4.74 Å². The molecule has 2 aromatic carbocycles. The highest BCUT2D eigenvalue weighted by molar-refractivity contribution is 7.89. The van der Waals surface area contributed by atoms with E-state index in [0.717, 1.165) is 17.7 Å². The van der Waals surface area contributed by atoms with E-state index >= 15 is 0 Å². The van der Waals surface area contributed by atoms with Gasteiger partial charge in [-0.1, -0.05) is 30.3 Å². The van der Waals surface area contributed by atoms with Gasteiger partial charge in [0.2, 0.25) is 15.9 Å². The maximum Gasteiger partial charge on any atom is 0.243 e. The predicted molar refractivity (Wildman–Crippen MR) is 93.3 cm³/mol. The number of sulfonamides is 1. The number of hydrogen-bond acceptors (Lipinski definition) is 4. The molecule has 1 N–H and O–H groups in total. The number of hydrogen-bond donors (Lipinski definition) is 1. The summed E-state index contributed by atoms with van der Waals surface area (Å²) in [5, 5.41) is 0. The molecule has 0 spiro atoms. The quantitative estimate of drug-likeness (QED) is 0.837. The minimum atomic E-state index is -4.28. The zero-order chi connectivity index (χ0) is 19.4. The van der Waals surface area contributed by atoms with E-state index in [-0.39, 0.29) is 12.6 Å². The maximum absolute atomic E-state index is 13.7. The molecule has 1 heterocycles. The Morgan fingerprint density at radius 3 is 2.63 bits per heavy atom. The van der Waals surface area contributed by atoms with Crippen LogP contribution in [0.5, 0.6) is 0 Å². The van der Waals surface area contributed by atoms with E-state index in [0.29, 0.717) is 19.2 Å². The highest BCUT2D eigenvalue weighted by Crippen LogP contribution is 2.22. The lowest BCUT2D eigenvalue weighted by Gasteiger charge is -2.33. The summed E-state index contributed by atoms with van der Waals surface area (Å²) in [4.78, 5) is 13.2. The van der Waals surface area contributed by atoms with E-state index in [9.17, 15) is 22.0 Å². The Morgan fingerprint density at radius 2 is 1.93 bits per heavy atom. The van der Waals surface area contributed by atoms with Crippen LogP contribution in [0.4, 0.5) is 8.78 Å². The van der Waals surface area contributed by atoms with E-state index < -0.39 is 39.0 Å². The van der Waals surface area contributed by atoms with Gasteiger partial charge < -0.3 is 9.64 Å². The van der Waals surface area contributed by atoms with Crippen molar-refractivity contribution in [2.24, 2.45) is 0 Å². The van der Waals surface area contributed by atoms with Gasteiger partial charge in [-0.2, -0.15) is 0 Å². The first-order valence-corrected chi connectivity index (χ1v) is 9.74. The van der Waals surface area contributed by atoms with Gasteiger partial charge in [0.1, 0.15) is 22.6 Å². The van der Waals surface area contributed by atoms with Crippen LogP contribution >= 0.6 is 0 Å². The summed E-state index contributed by atoms with van der Waals surface area (Å²) in [6.07, 6.45) is -0.296. The highest BCUT2D eigenvalue weighted by Gasteiger charge is 2.27. The minimum Gasteiger partial charge on any atom is -0.370 e. The number of ether oxygens (including phenoxy) is 1. The maximum atomic E-state index is 13.7. The average molecular weight is 396 g/mol. The third-order valence-corrected chi connectivity index (χ3v) is 5.62. The second-order valence-corrected chi connectivity index (χ2v) is 7.74. The molecule has 0 aliphatic carbocycles. The molecular weight excluding hydrogens is 378 g/mol. The number of rotatable bonds is 5. The summed E-state index contributed by atoms with van der Waals surface area (Å²) in [5.41, 5.74) is 0.920. The smallest absolute Gasteiger partial charge is 0.243 e. The largest absolute Gasteiger partial charge is 0.370 e. The standard InChI is InChI=1S/C18H18F2N2O4S/c19-14-6-7-17(15(20)10-14)27(24,25)21-11-18(23)22-8-9-26-16(12-22)13-4-2-1-3-5-13/h1-7,10,16,21H,8-9,11-12H2. The van der Waals surface area contributed by atoms with Gasteiger partial charge in [-0.15, -0.1) is 0 Å². The van der Waals surface area contributed by atoms with Gasteiger partial charge in [0.05, 0.1) is 19.7 Å². The molecule has 0 aromatic heterocycles. The minimum absolute atomic E-state index is 0.287. The predicted octanol–water partition coefficient (Wildman–Crippen LogP) is 1.84. The highest BCUT2D eigenvalue weighted by atomic mass is 32.2. The Labute approximate surface area is 155 Å². The van der Waals surface area contributed by atoms with E-state index in [2.05, 4.69) is 4.72 Å². The van der Waals surface area contributed by atoms with Gasteiger partial charge >= 0.3 is 0 Å². The molecule has 2 aromatic rings. The van der Waals surface area contributed by atoms with Crippen molar-refractivity contribution in [1.82, 2.24) is 9.62 Å². The number of halogens is 2. The van der Waals surface area contributed by atoms with Gasteiger partial charge in [-0.25, -0.2) is 21.9 Å². The molecule has 0 bridgehead atoms. The van der Waals surface area contributed by atoms with Crippen molar-refractivity contribution in [2.45, 2.75) is 11.0 Å². The number of carbonyl (C=O) groups is 1. The molecule has 1 aliphatic rings. The van der Waals surface area contributed by atoms with Crippen LogP contribution in [0.3, 0.4) is 0 Å². The summed E-state index contributed by atoms with van der Waals surface area (Å²) in [7, 11) is -4.28. The summed E-state index contributed by atoms with van der Waals surface area (Å²) < 4.78 is 58.7. The molecule has 1 amide bonds. The van der Waals surface area contributed by atoms with E-state index in [1.54, 1.807) is 0 Å². The fourth-order valence-corrected chi connectivity index (χ4v) is 3.82. The first-order valence-electron chi connectivity index (χ1n) is 8.26. The zero-order valence-electron chi connectivity index (χ0n) is 14.3. The second kappa shape index (κ2) is 8.12. The van der Waals surface area contributed by atoms with Crippen LogP contribution < -0.4 is 4.72 Å². The van der Waals surface area contributed by atoms with Crippen molar-refractivity contribution in [2.75, 3.05) is 26.2 Å². The number of morpholine rings is 1. The van der Waals surface area contributed by atoms with Gasteiger partial charge in [-0.3, -0.25) is 4.79 Å². The molecule has 3 rings (SSSR count). The third-order valence-electron chi connectivity index (χ3n) is 4.19. The monoisotopic (exact) mass is 396 g/mol. The Kier molecular flexibility index (Phi) is 5.83. The van der Waals surface area contributed by atoms with Gasteiger partial charge in [-0.05, 0) is 17.7 Å². The fraction of sp³-hybridized carbons (Fsp3) is 0.278. The summed E-state index contributed by atoms with van der Waals surface area (Å²) >= 11 is 0. The van der Waals surface area contributed by atoms with E-state index in [1.807, 2.05) is 30.3 Å².